The first-order valence-electron chi connectivity index (χ1n) is 12.0. The Morgan fingerprint density at radius 2 is 1.49 bits per heavy atom. The first kappa shape index (κ1) is 24.3. The van der Waals surface area contributed by atoms with E-state index in [0.717, 1.165) is 39.6 Å². The van der Waals surface area contributed by atoms with E-state index in [2.05, 4.69) is 58.9 Å². The molecule has 6 heteroatoms. The van der Waals surface area contributed by atoms with Gasteiger partial charge in [0.1, 0.15) is 11.5 Å². The minimum atomic E-state index is -2.27. The summed E-state index contributed by atoms with van der Waals surface area (Å²) in [4.78, 5) is 5.30. The maximum absolute atomic E-state index is 6.81. The Morgan fingerprint density at radius 3 is 2.14 bits per heavy atom. The second-order valence-corrected chi connectivity index (χ2v) is 15.3. The minimum absolute atomic E-state index is 0.433. The number of hydrogen-bond donors (Lipinski definition) is 0. The molecule has 0 radical (unpaired) electrons. The molecule has 0 saturated carbocycles. The fraction of sp³-hybridized carbons (Fsp3) is 0.276. The molecule has 0 amide bonds. The lowest BCUT2D eigenvalue weighted by atomic mass is 10.0. The molecule has 0 bridgehead atoms. The Labute approximate surface area is 218 Å². The molecule has 1 aliphatic rings. The van der Waals surface area contributed by atoms with Crippen molar-refractivity contribution in [2.24, 2.45) is 0 Å². The van der Waals surface area contributed by atoms with Gasteiger partial charge in [-0.2, -0.15) is 0 Å². The fourth-order valence-corrected chi connectivity index (χ4v) is 10.8. The lowest BCUT2D eigenvalue weighted by Gasteiger charge is -2.35. The van der Waals surface area contributed by atoms with Gasteiger partial charge in [-0.05, 0) is 59.5 Å². The van der Waals surface area contributed by atoms with Crippen LogP contribution in [0.2, 0.25) is 21.1 Å². The van der Waals surface area contributed by atoms with Crippen molar-refractivity contribution in [1.82, 2.24) is 4.98 Å². The van der Waals surface area contributed by atoms with Crippen LogP contribution in [-0.4, -0.2) is 13.3 Å². The molecule has 0 atom stereocenters. The van der Waals surface area contributed by atoms with E-state index in [1.807, 2.05) is 30.3 Å². The molecule has 35 heavy (non-hydrogen) atoms. The lowest BCUT2D eigenvalue weighted by Crippen LogP contribution is -2.53. The molecule has 2 aromatic heterocycles. The van der Waals surface area contributed by atoms with Crippen LogP contribution in [0.1, 0.15) is 38.8 Å². The van der Waals surface area contributed by atoms with Crippen molar-refractivity contribution in [1.29, 1.82) is 0 Å². The number of benzene rings is 2. The van der Waals surface area contributed by atoms with Gasteiger partial charge < -0.3 is 8.84 Å². The molecule has 5 rings (SSSR count). The maximum atomic E-state index is 6.81. The molecule has 1 aliphatic heterocycles. The number of furan rings is 1. The number of pyridine rings is 1. The molecule has 3 heterocycles. The Hall–Kier alpha value is -2.37. The summed E-state index contributed by atoms with van der Waals surface area (Å²) in [5.41, 5.74) is 7.15. The molecule has 0 unspecified atom stereocenters. The van der Waals surface area contributed by atoms with E-state index in [1.54, 1.807) is 6.07 Å². The smallest absolute Gasteiger partial charge is 0.232 e. The van der Waals surface area contributed by atoms with Crippen LogP contribution < -0.4 is 5.19 Å². The highest BCUT2D eigenvalue weighted by Gasteiger charge is 2.51. The number of halogens is 2. The van der Waals surface area contributed by atoms with E-state index in [9.17, 15) is 0 Å². The first-order valence-corrected chi connectivity index (χ1v) is 14.8. The van der Waals surface area contributed by atoms with Crippen LogP contribution in [0.15, 0.2) is 65.1 Å². The van der Waals surface area contributed by atoms with E-state index < -0.39 is 8.32 Å². The van der Waals surface area contributed by atoms with E-state index in [1.165, 1.54) is 10.8 Å². The van der Waals surface area contributed by atoms with Gasteiger partial charge in [-0.1, -0.05) is 81.2 Å². The Kier molecular flexibility index (Phi) is 6.43. The third-order valence-electron chi connectivity index (χ3n) is 7.22. The molecule has 0 aliphatic carbocycles. The van der Waals surface area contributed by atoms with Crippen LogP contribution >= 0.6 is 23.2 Å². The van der Waals surface area contributed by atoms with Gasteiger partial charge in [-0.25, -0.2) is 4.98 Å². The highest BCUT2D eigenvalue weighted by atomic mass is 35.5. The molecule has 3 nitrogen and oxygen atoms in total. The minimum Gasteiger partial charge on any atom is -0.454 e. The standard InChI is InChI=1S/C29H29Cl2NO2Si/c1-17(2)35(18(3)4)29-22(16-33-35)19(5)27(32-28(29)20-9-7-6-8-10-20)26-14-13-25(34-26)21-11-12-23(30)24(31)15-21/h6-15,17-18H,16H2,1-5H3. The normalized spacial score (nSPS) is 14.7. The van der Waals surface area contributed by atoms with Crippen LogP contribution in [0.25, 0.3) is 34.0 Å². The van der Waals surface area contributed by atoms with Gasteiger partial charge in [0.25, 0.3) is 0 Å². The molecular formula is C29H29Cl2NO2Si. The monoisotopic (exact) mass is 521 g/mol. The zero-order chi connectivity index (χ0) is 24.9. The fourth-order valence-electron chi connectivity index (χ4n) is 5.48. The maximum Gasteiger partial charge on any atom is 0.232 e. The molecule has 0 fully saturated rings. The van der Waals surface area contributed by atoms with E-state index >= 15 is 0 Å². The first-order chi connectivity index (χ1) is 16.7. The van der Waals surface area contributed by atoms with Crippen LogP contribution in [-0.2, 0) is 11.0 Å². The Morgan fingerprint density at radius 1 is 0.800 bits per heavy atom. The second-order valence-electron chi connectivity index (χ2n) is 9.84. The van der Waals surface area contributed by atoms with Gasteiger partial charge in [0, 0.05) is 16.3 Å². The van der Waals surface area contributed by atoms with E-state index in [-0.39, 0.29) is 0 Å². The average Bonchev–Trinajstić information content (AvgIpc) is 3.48. The highest BCUT2D eigenvalue weighted by molar-refractivity contribution is 6.90. The summed E-state index contributed by atoms with van der Waals surface area (Å²) in [6.45, 7) is 12.0. The van der Waals surface area contributed by atoms with Crippen molar-refractivity contribution in [3.05, 3.63) is 81.8 Å². The molecule has 2 aromatic carbocycles. The second kappa shape index (κ2) is 9.25. The lowest BCUT2D eigenvalue weighted by molar-refractivity contribution is 0.299. The van der Waals surface area contributed by atoms with Crippen molar-refractivity contribution in [2.45, 2.75) is 52.3 Å². The summed E-state index contributed by atoms with van der Waals surface area (Å²) in [7, 11) is -2.27. The highest BCUT2D eigenvalue weighted by Crippen LogP contribution is 2.43. The number of fused-ring (bicyclic) bond motifs is 1. The summed E-state index contributed by atoms with van der Waals surface area (Å²) >= 11 is 12.4. The largest absolute Gasteiger partial charge is 0.454 e. The summed E-state index contributed by atoms with van der Waals surface area (Å²) in [6, 6.07) is 19.9. The molecule has 0 saturated heterocycles. The van der Waals surface area contributed by atoms with Crippen molar-refractivity contribution in [2.75, 3.05) is 0 Å². The summed E-state index contributed by atoms with van der Waals surface area (Å²) < 4.78 is 13.1. The third-order valence-corrected chi connectivity index (χ3v) is 13.3. The topological polar surface area (TPSA) is 35.3 Å². The Balaban J connectivity index is 1.72. The van der Waals surface area contributed by atoms with Gasteiger partial charge in [0.15, 0.2) is 5.76 Å². The van der Waals surface area contributed by atoms with Crippen LogP contribution in [0.3, 0.4) is 0 Å². The predicted octanol–water partition coefficient (Wildman–Crippen LogP) is 8.79. The van der Waals surface area contributed by atoms with Crippen molar-refractivity contribution < 1.29 is 8.84 Å². The van der Waals surface area contributed by atoms with E-state index in [0.29, 0.717) is 27.7 Å². The van der Waals surface area contributed by atoms with Gasteiger partial charge in [-0.3, -0.25) is 0 Å². The molecule has 0 N–H and O–H groups in total. The molecule has 180 valence electrons. The van der Waals surface area contributed by atoms with Crippen molar-refractivity contribution in [3.63, 3.8) is 0 Å². The van der Waals surface area contributed by atoms with Crippen molar-refractivity contribution >= 4 is 36.7 Å². The quantitative estimate of drug-likeness (QED) is 0.246. The number of hydrogen-bond acceptors (Lipinski definition) is 3. The number of rotatable bonds is 5. The average molecular weight is 523 g/mol. The van der Waals surface area contributed by atoms with Gasteiger partial charge in [0.05, 0.1) is 22.3 Å². The summed E-state index contributed by atoms with van der Waals surface area (Å²) in [5.74, 6) is 1.46. The van der Waals surface area contributed by atoms with Crippen LogP contribution in [0, 0.1) is 6.92 Å². The van der Waals surface area contributed by atoms with Crippen molar-refractivity contribution in [3.8, 4) is 34.0 Å². The summed E-state index contributed by atoms with van der Waals surface area (Å²) in [6.07, 6.45) is 0. The SMILES string of the molecule is Cc1c(-c2ccc(-c3ccc(Cl)c(Cl)c3)o2)nc(-c2ccccc2)c2c1CO[Si]2(C(C)C)C(C)C. The number of aromatic nitrogens is 1. The third kappa shape index (κ3) is 3.97. The molecule has 0 spiro atoms. The molecule has 4 aromatic rings. The zero-order valence-corrected chi connectivity index (χ0v) is 23.2. The van der Waals surface area contributed by atoms with E-state index in [4.69, 9.17) is 37.0 Å². The predicted molar refractivity (Wildman–Crippen MR) is 148 cm³/mol. The summed E-state index contributed by atoms with van der Waals surface area (Å²) in [5, 5.41) is 2.38. The molecular weight excluding hydrogens is 493 g/mol. The Bertz CT molecular complexity index is 1390. The van der Waals surface area contributed by atoms with Gasteiger partial charge >= 0.3 is 0 Å². The van der Waals surface area contributed by atoms with Gasteiger partial charge in [-0.15, -0.1) is 0 Å². The number of nitrogens with zero attached hydrogens (tertiary/aromatic N) is 1. The van der Waals surface area contributed by atoms with Crippen LogP contribution in [0.4, 0.5) is 0 Å². The zero-order valence-electron chi connectivity index (χ0n) is 20.7. The van der Waals surface area contributed by atoms with Gasteiger partial charge in [0.2, 0.25) is 8.32 Å². The van der Waals surface area contributed by atoms with Crippen LogP contribution in [0.5, 0.6) is 0 Å².